The Labute approximate surface area is 109 Å². The number of hydrogen-bond donors (Lipinski definition) is 1. The second-order valence-corrected chi connectivity index (χ2v) is 5.62. The number of rotatable bonds is 3. The zero-order valence-corrected chi connectivity index (χ0v) is 11.1. The molecule has 1 N–H and O–H groups in total. The molecule has 1 amide bonds. The summed E-state index contributed by atoms with van der Waals surface area (Å²) in [6.07, 6.45) is 0.907. The van der Waals surface area contributed by atoms with Gasteiger partial charge in [-0.2, -0.15) is 0 Å². The van der Waals surface area contributed by atoms with Crippen molar-refractivity contribution in [1.29, 1.82) is 0 Å². The van der Waals surface area contributed by atoms with Crippen molar-refractivity contribution in [2.45, 2.75) is 6.92 Å². The number of sulfonamides is 1. The van der Waals surface area contributed by atoms with Crippen LogP contribution in [0.25, 0.3) is 11.5 Å². The van der Waals surface area contributed by atoms with Crippen LogP contribution >= 0.6 is 0 Å². The summed E-state index contributed by atoms with van der Waals surface area (Å²) in [5, 5.41) is 7.48. The van der Waals surface area contributed by atoms with Gasteiger partial charge in [0.1, 0.15) is 0 Å². The highest BCUT2D eigenvalue weighted by molar-refractivity contribution is 7.89. The normalized spacial score (nSPS) is 11.3. The SMILES string of the molecule is Cc1nnc(-c2ccccc2C(=O)NS(C)(=O)=O)o1. The average Bonchev–Trinajstić information content (AvgIpc) is 2.73. The van der Waals surface area contributed by atoms with Gasteiger partial charge >= 0.3 is 0 Å². The monoisotopic (exact) mass is 281 g/mol. The number of carbonyl (C=O) groups is 1. The second-order valence-electron chi connectivity index (χ2n) is 3.88. The van der Waals surface area contributed by atoms with Crippen molar-refractivity contribution in [1.82, 2.24) is 14.9 Å². The van der Waals surface area contributed by atoms with Crippen LogP contribution in [0.15, 0.2) is 28.7 Å². The van der Waals surface area contributed by atoms with Gasteiger partial charge in [-0.05, 0) is 12.1 Å². The molecule has 1 aromatic heterocycles. The van der Waals surface area contributed by atoms with Crippen LogP contribution in [0.3, 0.4) is 0 Å². The van der Waals surface area contributed by atoms with Crippen LogP contribution < -0.4 is 4.72 Å². The Hall–Kier alpha value is -2.22. The van der Waals surface area contributed by atoms with Gasteiger partial charge in [0, 0.05) is 6.92 Å². The lowest BCUT2D eigenvalue weighted by atomic mass is 10.1. The summed E-state index contributed by atoms with van der Waals surface area (Å²) >= 11 is 0. The van der Waals surface area contributed by atoms with E-state index in [1.807, 2.05) is 4.72 Å². The van der Waals surface area contributed by atoms with Gasteiger partial charge in [0.25, 0.3) is 5.91 Å². The van der Waals surface area contributed by atoms with Crippen LogP contribution in [-0.4, -0.2) is 30.8 Å². The van der Waals surface area contributed by atoms with Gasteiger partial charge in [0.15, 0.2) is 0 Å². The molecule has 0 spiro atoms. The van der Waals surface area contributed by atoms with E-state index in [-0.39, 0.29) is 11.5 Å². The molecule has 0 bridgehead atoms. The molecular formula is C11H11N3O4S. The van der Waals surface area contributed by atoms with Crippen LogP contribution in [0.4, 0.5) is 0 Å². The molecular weight excluding hydrogens is 270 g/mol. The first kappa shape index (κ1) is 13.2. The number of carbonyl (C=O) groups excluding carboxylic acids is 1. The fourth-order valence-corrected chi connectivity index (χ4v) is 1.94. The Bertz CT molecular complexity index is 721. The van der Waals surface area contributed by atoms with E-state index in [1.165, 1.54) is 6.07 Å². The summed E-state index contributed by atoms with van der Waals surface area (Å²) < 4.78 is 29.3. The molecule has 1 heterocycles. The summed E-state index contributed by atoms with van der Waals surface area (Å²) in [5.74, 6) is -0.223. The van der Waals surface area contributed by atoms with Crippen molar-refractivity contribution in [3.05, 3.63) is 35.7 Å². The number of nitrogens with one attached hydrogen (secondary N) is 1. The Morgan fingerprint density at radius 2 is 1.95 bits per heavy atom. The highest BCUT2D eigenvalue weighted by atomic mass is 32.2. The highest BCUT2D eigenvalue weighted by Gasteiger charge is 2.18. The number of aryl methyl sites for hydroxylation is 1. The largest absolute Gasteiger partial charge is 0.421 e. The summed E-state index contributed by atoms with van der Waals surface area (Å²) in [4.78, 5) is 11.9. The van der Waals surface area contributed by atoms with Crippen LogP contribution in [-0.2, 0) is 10.0 Å². The van der Waals surface area contributed by atoms with E-state index in [9.17, 15) is 13.2 Å². The number of amides is 1. The van der Waals surface area contributed by atoms with Crippen LogP contribution in [0.2, 0.25) is 0 Å². The minimum Gasteiger partial charge on any atom is -0.421 e. The van der Waals surface area contributed by atoms with Crippen molar-refractivity contribution < 1.29 is 17.6 Å². The van der Waals surface area contributed by atoms with Gasteiger partial charge in [-0.3, -0.25) is 4.79 Å². The summed E-state index contributed by atoms with van der Waals surface area (Å²) in [5.41, 5.74) is 0.529. The minimum atomic E-state index is -3.63. The lowest BCUT2D eigenvalue weighted by Gasteiger charge is -2.05. The molecule has 0 atom stereocenters. The smallest absolute Gasteiger partial charge is 0.265 e. The lowest BCUT2D eigenvalue weighted by molar-refractivity contribution is 0.0982. The zero-order valence-electron chi connectivity index (χ0n) is 10.2. The molecule has 0 unspecified atom stereocenters. The standard InChI is InChI=1S/C11H11N3O4S/c1-7-12-13-11(18-7)9-6-4-3-5-8(9)10(15)14-19(2,16)17/h3-6H,1-2H3,(H,14,15). The fourth-order valence-electron chi connectivity index (χ4n) is 1.50. The molecule has 0 aliphatic rings. The molecule has 1 aromatic carbocycles. The molecule has 8 heteroatoms. The predicted molar refractivity (Wildman–Crippen MR) is 66.8 cm³/mol. The minimum absolute atomic E-state index is 0.150. The number of hydrogen-bond acceptors (Lipinski definition) is 6. The number of aromatic nitrogens is 2. The van der Waals surface area contributed by atoms with Crippen molar-refractivity contribution in [3.8, 4) is 11.5 Å². The summed E-state index contributed by atoms with van der Waals surface area (Å²) in [7, 11) is -3.63. The van der Waals surface area contributed by atoms with Gasteiger partial charge < -0.3 is 4.42 Å². The molecule has 0 aliphatic carbocycles. The number of nitrogens with zero attached hydrogens (tertiary/aromatic N) is 2. The quantitative estimate of drug-likeness (QED) is 0.890. The molecule has 2 aromatic rings. The Morgan fingerprint density at radius 3 is 2.53 bits per heavy atom. The van der Waals surface area contributed by atoms with Crippen molar-refractivity contribution >= 4 is 15.9 Å². The van der Waals surface area contributed by atoms with E-state index in [4.69, 9.17) is 4.42 Å². The summed E-state index contributed by atoms with van der Waals surface area (Å²) in [6, 6.07) is 6.38. The molecule has 0 fully saturated rings. The van der Waals surface area contributed by atoms with Crippen molar-refractivity contribution in [2.75, 3.05) is 6.26 Å². The first-order valence-electron chi connectivity index (χ1n) is 5.28. The molecule has 100 valence electrons. The third kappa shape index (κ3) is 3.16. The molecule has 0 saturated heterocycles. The molecule has 2 rings (SSSR count). The van der Waals surface area contributed by atoms with E-state index in [1.54, 1.807) is 25.1 Å². The molecule has 19 heavy (non-hydrogen) atoms. The van der Waals surface area contributed by atoms with E-state index in [0.717, 1.165) is 6.26 Å². The van der Waals surface area contributed by atoms with Crippen LogP contribution in [0.1, 0.15) is 16.2 Å². The van der Waals surface area contributed by atoms with Gasteiger partial charge in [-0.15, -0.1) is 10.2 Å². The third-order valence-electron chi connectivity index (χ3n) is 2.21. The molecule has 7 nitrogen and oxygen atoms in total. The molecule has 0 aliphatic heterocycles. The summed E-state index contributed by atoms with van der Waals surface area (Å²) in [6.45, 7) is 1.62. The predicted octanol–water partition coefficient (Wildman–Crippen LogP) is 0.734. The van der Waals surface area contributed by atoms with Crippen LogP contribution in [0.5, 0.6) is 0 Å². The first-order chi connectivity index (χ1) is 8.87. The van der Waals surface area contributed by atoms with E-state index >= 15 is 0 Å². The maximum atomic E-state index is 11.9. The highest BCUT2D eigenvalue weighted by Crippen LogP contribution is 2.22. The Balaban J connectivity index is 2.45. The maximum absolute atomic E-state index is 11.9. The Kier molecular flexibility index (Phi) is 3.34. The van der Waals surface area contributed by atoms with E-state index < -0.39 is 15.9 Å². The zero-order chi connectivity index (χ0) is 14.0. The molecule has 0 radical (unpaired) electrons. The van der Waals surface area contributed by atoms with Gasteiger partial charge in [-0.25, -0.2) is 13.1 Å². The average molecular weight is 281 g/mol. The topological polar surface area (TPSA) is 102 Å². The van der Waals surface area contributed by atoms with Gasteiger partial charge in [0.05, 0.1) is 17.4 Å². The number of benzene rings is 1. The van der Waals surface area contributed by atoms with Crippen molar-refractivity contribution in [3.63, 3.8) is 0 Å². The first-order valence-corrected chi connectivity index (χ1v) is 7.17. The van der Waals surface area contributed by atoms with E-state index in [2.05, 4.69) is 10.2 Å². The van der Waals surface area contributed by atoms with Gasteiger partial charge in [-0.1, -0.05) is 12.1 Å². The van der Waals surface area contributed by atoms with Crippen LogP contribution in [0, 0.1) is 6.92 Å². The van der Waals surface area contributed by atoms with Crippen molar-refractivity contribution in [2.24, 2.45) is 0 Å². The molecule has 0 saturated carbocycles. The lowest BCUT2D eigenvalue weighted by Crippen LogP contribution is -2.29. The Morgan fingerprint density at radius 1 is 1.26 bits per heavy atom. The fraction of sp³-hybridized carbons (Fsp3) is 0.182. The third-order valence-corrected chi connectivity index (χ3v) is 2.76. The second kappa shape index (κ2) is 4.81. The maximum Gasteiger partial charge on any atom is 0.265 e. The van der Waals surface area contributed by atoms with Gasteiger partial charge in [0.2, 0.25) is 21.8 Å². The van der Waals surface area contributed by atoms with E-state index in [0.29, 0.717) is 11.5 Å².